The molecule has 0 aromatic heterocycles. The predicted octanol–water partition coefficient (Wildman–Crippen LogP) is 5.77. The number of hydrogen-bond acceptors (Lipinski definition) is 3. The maximum absolute atomic E-state index is 13.0. The number of nitrogens with one attached hydrogen (secondary N) is 2. The number of phenolic OH excluding ortho intramolecular Hbond substituents is 1. The molecule has 1 unspecified atom stereocenters. The zero-order valence-electron chi connectivity index (χ0n) is 17.2. The molecule has 172 valence electrons. The first-order chi connectivity index (χ1) is 15.1. The maximum Gasteiger partial charge on any atom is 0.416 e. The molecule has 0 aliphatic heterocycles. The van der Waals surface area contributed by atoms with Crippen LogP contribution in [-0.4, -0.2) is 23.0 Å². The molecule has 2 amide bonds. The lowest BCUT2D eigenvalue weighted by atomic mass is 9.84. The summed E-state index contributed by atoms with van der Waals surface area (Å²) in [5, 5.41) is 15.3. The van der Waals surface area contributed by atoms with Crippen LogP contribution in [0.25, 0.3) is 0 Å². The number of carbonyl (C=O) groups is 2. The number of anilines is 1. The Balaban J connectivity index is 1.79. The minimum atomic E-state index is -4.54. The summed E-state index contributed by atoms with van der Waals surface area (Å²) in [6.07, 6.45) is 0.779. The van der Waals surface area contributed by atoms with Crippen LogP contribution in [0, 0.1) is 5.92 Å². The van der Waals surface area contributed by atoms with Crippen LogP contribution in [0.15, 0.2) is 42.5 Å². The van der Waals surface area contributed by atoms with E-state index < -0.39 is 29.6 Å². The van der Waals surface area contributed by atoms with Crippen molar-refractivity contribution in [2.75, 3.05) is 5.32 Å². The van der Waals surface area contributed by atoms with E-state index in [9.17, 15) is 27.9 Å². The molecule has 0 heterocycles. The van der Waals surface area contributed by atoms with E-state index in [2.05, 4.69) is 10.6 Å². The van der Waals surface area contributed by atoms with Crippen LogP contribution in [0.2, 0.25) is 5.02 Å². The number of halogens is 4. The number of aromatic hydroxyl groups is 1. The first kappa shape index (κ1) is 23.9. The largest absolute Gasteiger partial charge is 0.507 e. The zero-order chi connectivity index (χ0) is 23.3. The lowest BCUT2D eigenvalue weighted by Crippen LogP contribution is -2.45. The Labute approximate surface area is 189 Å². The van der Waals surface area contributed by atoms with Gasteiger partial charge in [-0.1, -0.05) is 49.8 Å². The van der Waals surface area contributed by atoms with Crippen LogP contribution in [0.3, 0.4) is 0 Å². The number of carbonyl (C=O) groups excluding carboxylic acids is 2. The van der Waals surface area contributed by atoms with E-state index >= 15 is 0 Å². The van der Waals surface area contributed by atoms with Crippen LogP contribution in [-0.2, 0) is 11.0 Å². The number of amides is 2. The highest BCUT2D eigenvalue weighted by molar-refractivity contribution is 6.31. The van der Waals surface area contributed by atoms with Crippen molar-refractivity contribution in [2.45, 2.75) is 50.7 Å². The van der Waals surface area contributed by atoms with Gasteiger partial charge in [-0.05, 0) is 48.7 Å². The van der Waals surface area contributed by atoms with Crippen LogP contribution < -0.4 is 10.6 Å². The fourth-order valence-electron chi connectivity index (χ4n) is 3.92. The minimum absolute atomic E-state index is 0.0154. The Morgan fingerprint density at radius 2 is 1.81 bits per heavy atom. The van der Waals surface area contributed by atoms with Crippen molar-refractivity contribution in [2.24, 2.45) is 5.92 Å². The van der Waals surface area contributed by atoms with E-state index in [4.69, 9.17) is 11.6 Å². The van der Waals surface area contributed by atoms with Gasteiger partial charge in [0, 0.05) is 10.7 Å². The Hall–Kier alpha value is -2.74. The highest BCUT2D eigenvalue weighted by Gasteiger charge is 2.31. The van der Waals surface area contributed by atoms with E-state index in [1.54, 1.807) is 0 Å². The van der Waals surface area contributed by atoms with Gasteiger partial charge in [-0.3, -0.25) is 9.59 Å². The molecule has 3 N–H and O–H groups in total. The second-order valence-corrected chi connectivity index (χ2v) is 8.43. The summed E-state index contributed by atoms with van der Waals surface area (Å²) in [7, 11) is 0. The molecule has 3 rings (SSSR count). The zero-order valence-corrected chi connectivity index (χ0v) is 18.0. The summed E-state index contributed by atoms with van der Waals surface area (Å²) in [6, 6.07) is 7.32. The highest BCUT2D eigenvalue weighted by atomic mass is 35.5. The molecule has 1 saturated carbocycles. The number of hydrogen-bond donors (Lipinski definition) is 3. The molecular formula is C23H24ClF3N2O3. The van der Waals surface area contributed by atoms with Crippen LogP contribution in [0.5, 0.6) is 5.75 Å². The molecule has 0 bridgehead atoms. The molecule has 1 aliphatic rings. The van der Waals surface area contributed by atoms with Gasteiger partial charge in [0.1, 0.15) is 11.8 Å². The van der Waals surface area contributed by atoms with Crippen LogP contribution in [0.4, 0.5) is 18.9 Å². The third-order valence-electron chi connectivity index (χ3n) is 5.58. The van der Waals surface area contributed by atoms with Gasteiger partial charge in [0.25, 0.3) is 5.91 Å². The van der Waals surface area contributed by atoms with Gasteiger partial charge in [-0.15, -0.1) is 0 Å². The van der Waals surface area contributed by atoms with Crippen molar-refractivity contribution in [3.8, 4) is 5.75 Å². The van der Waals surface area contributed by atoms with Crippen molar-refractivity contribution in [1.82, 2.24) is 5.32 Å². The molecule has 2 aromatic rings. The van der Waals surface area contributed by atoms with Gasteiger partial charge < -0.3 is 15.7 Å². The summed E-state index contributed by atoms with van der Waals surface area (Å²) >= 11 is 5.91. The average molecular weight is 469 g/mol. The lowest BCUT2D eigenvalue weighted by Gasteiger charge is -2.27. The van der Waals surface area contributed by atoms with Gasteiger partial charge in [0.15, 0.2) is 0 Å². The molecule has 1 fully saturated rings. The predicted molar refractivity (Wildman–Crippen MR) is 116 cm³/mol. The Bertz CT molecular complexity index is 975. The van der Waals surface area contributed by atoms with Crippen LogP contribution >= 0.6 is 11.6 Å². The fourth-order valence-corrected chi connectivity index (χ4v) is 4.09. The molecule has 0 saturated heterocycles. The van der Waals surface area contributed by atoms with Gasteiger partial charge in [0.05, 0.1) is 11.1 Å². The molecule has 1 aliphatic carbocycles. The first-order valence-corrected chi connectivity index (χ1v) is 10.8. The van der Waals surface area contributed by atoms with E-state index in [1.165, 1.54) is 30.3 Å². The van der Waals surface area contributed by atoms with E-state index in [1.807, 2.05) is 0 Å². The molecule has 2 aromatic carbocycles. The van der Waals surface area contributed by atoms with Gasteiger partial charge >= 0.3 is 6.18 Å². The number of phenols is 1. The number of rotatable bonds is 6. The van der Waals surface area contributed by atoms with Gasteiger partial charge in [0.2, 0.25) is 5.91 Å². The molecular weight excluding hydrogens is 445 g/mol. The summed E-state index contributed by atoms with van der Waals surface area (Å²) in [6.45, 7) is 0. The second kappa shape index (κ2) is 10.3. The standard InChI is InChI=1S/C23H24ClF3N2O3/c24-16-9-10-20(30)18(13-16)21(31)29-19(11-14-5-2-1-3-6-14)22(32)28-17-8-4-7-15(12-17)23(25,26)27/h4,7-10,12-14,19,30H,1-3,5-6,11H2,(H,28,32)(H,29,31). The number of benzene rings is 2. The SMILES string of the molecule is O=C(NC(CC1CCCCC1)C(=O)Nc1cccc(C(F)(F)F)c1)c1cc(Cl)ccc1O. The molecule has 5 nitrogen and oxygen atoms in total. The molecule has 1 atom stereocenters. The fraction of sp³-hybridized carbons (Fsp3) is 0.391. The summed E-state index contributed by atoms with van der Waals surface area (Å²) < 4.78 is 39.0. The normalized spacial score (nSPS) is 15.8. The smallest absolute Gasteiger partial charge is 0.416 e. The Morgan fingerprint density at radius 3 is 2.50 bits per heavy atom. The minimum Gasteiger partial charge on any atom is -0.507 e. The summed E-state index contributed by atoms with van der Waals surface area (Å²) in [4.78, 5) is 25.7. The highest BCUT2D eigenvalue weighted by Crippen LogP contribution is 2.31. The molecule has 9 heteroatoms. The van der Waals surface area contributed by atoms with Gasteiger partial charge in [-0.2, -0.15) is 13.2 Å². The third kappa shape index (κ3) is 6.38. The van der Waals surface area contributed by atoms with E-state index in [-0.39, 0.29) is 27.9 Å². The van der Waals surface area contributed by atoms with Gasteiger partial charge in [-0.25, -0.2) is 0 Å². The van der Waals surface area contributed by atoms with Crippen molar-refractivity contribution in [1.29, 1.82) is 0 Å². The third-order valence-corrected chi connectivity index (χ3v) is 5.81. The van der Waals surface area contributed by atoms with Crippen molar-refractivity contribution in [3.05, 3.63) is 58.6 Å². The van der Waals surface area contributed by atoms with E-state index in [0.29, 0.717) is 6.42 Å². The first-order valence-electron chi connectivity index (χ1n) is 10.4. The second-order valence-electron chi connectivity index (χ2n) is 8.00. The topological polar surface area (TPSA) is 78.4 Å². The summed E-state index contributed by atoms with van der Waals surface area (Å²) in [5.41, 5.74) is -0.983. The molecule has 0 radical (unpaired) electrons. The maximum atomic E-state index is 13.0. The average Bonchev–Trinajstić information content (AvgIpc) is 2.75. The summed E-state index contributed by atoms with van der Waals surface area (Å²) in [5.74, 6) is -1.40. The Kier molecular flexibility index (Phi) is 7.66. The van der Waals surface area contributed by atoms with Crippen molar-refractivity contribution >= 4 is 29.1 Å². The Morgan fingerprint density at radius 1 is 1.09 bits per heavy atom. The molecule has 0 spiro atoms. The lowest BCUT2D eigenvalue weighted by molar-refractivity contribution is -0.137. The van der Waals surface area contributed by atoms with Crippen molar-refractivity contribution in [3.63, 3.8) is 0 Å². The van der Waals surface area contributed by atoms with Crippen LogP contribution in [0.1, 0.15) is 54.4 Å². The molecule has 32 heavy (non-hydrogen) atoms. The van der Waals surface area contributed by atoms with Crippen molar-refractivity contribution < 1.29 is 27.9 Å². The quantitative estimate of drug-likeness (QED) is 0.503. The number of alkyl halides is 3. The monoisotopic (exact) mass is 468 g/mol. The van der Waals surface area contributed by atoms with E-state index in [0.717, 1.165) is 44.2 Å².